The predicted octanol–water partition coefficient (Wildman–Crippen LogP) is 1.30. The molecule has 28 heavy (non-hydrogen) atoms. The molecule has 0 spiro atoms. The zero-order valence-corrected chi connectivity index (χ0v) is 17.4. The van der Waals surface area contributed by atoms with Crippen molar-refractivity contribution in [3.63, 3.8) is 0 Å². The molecule has 0 aromatic heterocycles. The fourth-order valence-corrected chi connectivity index (χ4v) is 4.83. The van der Waals surface area contributed by atoms with Gasteiger partial charge in [-0.2, -0.15) is 17.8 Å². The van der Waals surface area contributed by atoms with Gasteiger partial charge in [0.15, 0.2) is 5.75 Å². The Labute approximate surface area is 169 Å². The Hall–Kier alpha value is -2.22. The SMILES string of the molecule is CS(=O)(=O)Oc1ccc(/C=C2/C(=N)N3C(=NC2=O)SN=C3S(C)(=O)=O)cc1Cl. The summed E-state index contributed by atoms with van der Waals surface area (Å²) in [5.41, 5.74) is 0.165. The van der Waals surface area contributed by atoms with Crippen LogP contribution in [0, 0.1) is 5.41 Å². The molecule has 1 N–H and O–H groups in total. The first-order valence-electron chi connectivity index (χ1n) is 7.24. The van der Waals surface area contributed by atoms with Gasteiger partial charge in [0.1, 0.15) is 5.84 Å². The highest BCUT2D eigenvalue weighted by Gasteiger charge is 2.41. The van der Waals surface area contributed by atoms with E-state index in [9.17, 15) is 21.6 Å². The molecule has 0 unspecified atom stereocenters. The molecule has 1 amide bonds. The van der Waals surface area contributed by atoms with E-state index in [1.807, 2.05) is 0 Å². The summed E-state index contributed by atoms with van der Waals surface area (Å²) in [4.78, 5) is 17.0. The van der Waals surface area contributed by atoms with E-state index >= 15 is 0 Å². The molecule has 0 atom stereocenters. The lowest BCUT2D eigenvalue weighted by molar-refractivity contribution is -0.114. The van der Waals surface area contributed by atoms with E-state index in [1.165, 1.54) is 24.3 Å². The van der Waals surface area contributed by atoms with Crippen LogP contribution in [0.2, 0.25) is 5.02 Å². The van der Waals surface area contributed by atoms with E-state index < -0.39 is 36.9 Å². The molecule has 1 aromatic rings. The normalized spacial score (nSPS) is 18.8. The number of halogens is 1. The van der Waals surface area contributed by atoms with Crippen molar-refractivity contribution in [2.24, 2.45) is 9.39 Å². The number of fused-ring (bicyclic) bond motifs is 1. The van der Waals surface area contributed by atoms with E-state index in [1.54, 1.807) is 0 Å². The molecule has 148 valence electrons. The van der Waals surface area contributed by atoms with Gasteiger partial charge in [-0.15, -0.1) is 0 Å². The first-order valence-corrected chi connectivity index (χ1v) is 12.1. The Morgan fingerprint density at radius 1 is 1.25 bits per heavy atom. The predicted molar refractivity (Wildman–Crippen MR) is 107 cm³/mol. The van der Waals surface area contributed by atoms with Crippen molar-refractivity contribution in [1.82, 2.24) is 4.90 Å². The molecule has 10 nitrogen and oxygen atoms in total. The van der Waals surface area contributed by atoms with Gasteiger partial charge >= 0.3 is 10.1 Å². The molecule has 0 saturated carbocycles. The number of rotatable bonds is 3. The van der Waals surface area contributed by atoms with Crippen molar-refractivity contribution in [3.8, 4) is 5.75 Å². The molecule has 2 aliphatic rings. The lowest BCUT2D eigenvalue weighted by Crippen LogP contribution is -2.45. The van der Waals surface area contributed by atoms with Gasteiger partial charge in [-0.25, -0.2) is 13.3 Å². The Morgan fingerprint density at radius 2 is 1.93 bits per heavy atom. The number of hydrogen-bond donors (Lipinski definition) is 1. The van der Waals surface area contributed by atoms with Crippen LogP contribution in [-0.4, -0.2) is 56.3 Å². The number of benzene rings is 1. The Kier molecular flexibility index (Phi) is 5.12. The molecule has 2 heterocycles. The van der Waals surface area contributed by atoms with Crippen molar-refractivity contribution < 1.29 is 25.8 Å². The molecular formula is C14H11ClN4O6S3. The van der Waals surface area contributed by atoms with Crippen LogP contribution in [0.4, 0.5) is 0 Å². The summed E-state index contributed by atoms with van der Waals surface area (Å²) in [5, 5.41) is 7.79. The first kappa shape index (κ1) is 20.5. The third-order valence-corrected chi connectivity index (χ3v) is 5.87. The average molecular weight is 463 g/mol. The first-order chi connectivity index (χ1) is 12.9. The van der Waals surface area contributed by atoms with E-state index in [4.69, 9.17) is 21.2 Å². The fraction of sp³-hybridized carbons (Fsp3) is 0.143. The quantitative estimate of drug-likeness (QED) is 0.401. The standard InChI is InChI=1S/C14H11ClN4O6S3/c1-27(21,22)14-18-26-13-17-12(20)8(11(16)19(13)14)5-7-3-4-10(9(15)6-7)25-28(2,23)24/h3-6,16H,1-2H3/b8-5-,16-11?. The minimum absolute atomic E-state index is 0.0255. The third kappa shape index (κ3) is 4.11. The maximum atomic E-state index is 12.3. The molecule has 0 saturated heterocycles. The average Bonchev–Trinajstić information content (AvgIpc) is 2.97. The summed E-state index contributed by atoms with van der Waals surface area (Å²) < 4.78 is 54.6. The zero-order valence-electron chi connectivity index (χ0n) is 14.2. The second-order valence-electron chi connectivity index (χ2n) is 5.66. The Bertz CT molecular complexity index is 1220. The van der Waals surface area contributed by atoms with Gasteiger partial charge < -0.3 is 4.18 Å². The smallest absolute Gasteiger partial charge is 0.306 e. The number of hydrogen-bond acceptors (Lipinski definition) is 9. The highest BCUT2D eigenvalue weighted by atomic mass is 35.5. The van der Waals surface area contributed by atoms with Crippen molar-refractivity contribution in [2.45, 2.75) is 0 Å². The summed E-state index contributed by atoms with van der Waals surface area (Å²) in [6, 6.07) is 4.04. The highest BCUT2D eigenvalue weighted by molar-refractivity contribution is 8.16. The maximum absolute atomic E-state index is 12.3. The molecule has 2 aliphatic heterocycles. The van der Waals surface area contributed by atoms with Crippen LogP contribution in [0.1, 0.15) is 5.56 Å². The van der Waals surface area contributed by atoms with Gasteiger partial charge in [0.05, 0.1) is 28.8 Å². The van der Waals surface area contributed by atoms with Crippen molar-refractivity contribution in [2.75, 3.05) is 12.5 Å². The van der Waals surface area contributed by atoms with Crippen LogP contribution < -0.4 is 4.18 Å². The van der Waals surface area contributed by atoms with E-state index in [0.717, 1.165) is 17.4 Å². The second-order valence-corrected chi connectivity index (χ2v) is 10.3. The number of aliphatic imine (C=N–C) groups is 1. The third-order valence-electron chi connectivity index (χ3n) is 3.33. The van der Waals surface area contributed by atoms with Gasteiger partial charge in [0.2, 0.25) is 20.2 Å². The van der Waals surface area contributed by atoms with Crippen LogP contribution >= 0.6 is 23.5 Å². The minimum atomic E-state index is -3.77. The molecule has 0 radical (unpaired) electrons. The summed E-state index contributed by atoms with van der Waals surface area (Å²) in [7, 11) is -7.52. The fourth-order valence-electron chi connectivity index (χ4n) is 2.24. The number of sulfone groups is 1. The van der Waals surface area contributed by atoms with Gasteiger partial charge in [0.25, 0.3) is 5.91 Å². The van der Waals surface area contributed by atoms with Crippen LogP contribution in [0.3, 0.4) is 0 Å². The summed E-state index contributed by atoms with van der Waals surface area (Å²) in [6.07, 6.45) is 3.08. The number of carbonyl (C=O) groups is 1. The lowest BCUT2D eigenvalue weighted by Gasteiger charge is -2.23. The van der Waals surface area contributed by atoms with Gasteiger partial charge in [0, 0.05) is 6.26 Å². The van der Waals surface area contributed by atoms with Crippen molar-refractivity contribution in [1.29, 1.82) is 5.41 Å². The Balaban J connectivity index is 1.99. The van der Waals surface area contributed by atoms with Gasteiger partial charge in [-0.3, -0.25) is 10.2 Å². The minimum Gasteiger partial charge on any atom is -0.381 e. The molecule has 0 aliphatic carbocycles. The lowest BCUT2D eigenvalue weighted by atomic mass is 10.1. The number of nitrogens with one attached hydrogen (secondary N) is 1. The molecule has 14 heteroatoms. The zero-order chi connectivity index (χ0) is 20.9. The second kappa shape index (κ2) is 6.99. The van der Waals surface area contributed by atoms with Gasteiger partial charge in [-0.05, 0) is 23.8 Å². The van der Waals surface area contributed by atoms with Crippen molar-refractivity contribution in [3.05, 3.63) is 34.4 Å². The van der Waals surface area contributed by atoms with Crippen LogP contribution in [0.25, 0.3) is 6.08 Å². The molecule has 0 bridgehead atoms. The van der Waals surface area contributed by atoms with Gasteiger partial charge in [-0.1, -0.05) is 17.7 Å². The maximum Gasteiger partial charge on any atom is 0.306 e. The molecule has 3 rings (SSSR count). The number of amidine groups is 3. The summed E-state index contributed by atoms with van der Waals surface area (Å²) in [6.45, 7) is 0. The molecular weight excluding hydrogens is 452 g/mol. The number of carbonyl (C=O) groups excluding carboxylic acids is 1. The van der Waals surface area contributed by atoms with Crippen LogP contribution in [0.15, 0.2) is 33.2 Å². The Morgan fingerprint density at radius 3 is 2.50 bits per heavy atom. The van der Waals surface area contributed by atoms with Crippen LogP contribution in [0.5, 0.6) is 5.75 Å². The van der Waals surface area contributed by atoms with Crippen molar-refractivity contribution >= 4 is 71.7 Å². The molecule has 1 aromatic carbocycles. The highest BCUT2D eigenvalue weighted by Crippen LogP contribution is 2.31. The van der Waals surface area contributed by atoms with E-state index in [2.05, 4.69) is 9.39 Å². The topological polar surface area (TPSA) is 146 Å². The summed E-state index contributed by atoms with van der Waals surface area (Å²) >= 11 is 6.69. The summed E-state index contributed by atoms with van der Waals surface area (Å²) in [5.74, 6) is -1.25. The van der Waals surface area contributed by atoms with E-state index in [-0.39, 0.29) is 21.5 Å². The number of amides is 1. The van der Waals surface area contributed by atoms with Crippen LogP contribution in [-0.2, 0) is 24.7 Å². The largest absolute Gasteiger partial charge is 0.381 e. The number of nitrogens with zero attached hydrogens (tertiary/aromatic N) is 3. The molecule has 0 fully saturated rings. The monoisotopic (exact) mass is 462 g/mol. The van der Waals surface area contributed by atoms with E-state index in [0.29, 0.717) is 17.5 Å².